The van der Waals surface area contributed by atoms with Gasteiger partial charge in [-0.3, -0.25) is 4.79 Å². The van der Waals surface area contributed by atoms with Gasteiger partial charge in [0.15, 0.2) is 5.62 Å². The molecule has 0 aromatic carbocycles. The number of rotatable bonds is 2. The zero-order chi connectivity index (χ0) is 5.82. The maximum Gasteiger partial charge on any atom is 0.181 e. The van der Waals surface area contributed by atoms with Crippen molar-refractivity contribution in [2.75, 3.05) is 0 Å². The van der Waals surface area contributed by atoms with Crippen LogP contribution in [0.1, 0.15) is 0 Å². The Morgan fingerprint density at radius 2 is 2.62 bits per heavy atom. The SMILES string of the molecule is O=CSc1cccs1. The normalized spacial score (nSPS) is 9.00. The van der Waals surface area contributed by atoms with Crippen LogP contribution in [0.4, 0.5) is 0 Å². The average Bonchev–Trinajstić information content (AvgIpc) is 2.19. The highest BCUT2D eigenvalue weighted by Gasteiger charge is 1.88. The molecule has 0 fully saturated rings. The first kappa shape index (κ1) is 5.85. The molecule has 1 aromatic heterocycles. The van der Waals surface area contributed by atoms with E-state index in [4.69, 9.17) is 0 Å². The molecule has 0 saturated heterocycles. The lowest BCUT2D eigenvalue weighted by Gasteiger charge is -1.77. The van der Waals surface area contributed by atoms with Gasteiger partial charge in [0, 0.05) is 0 Å². The lowest BCUT2D eigenvalue weighted by Crippen LogP contribution is -1.54. The zero-order valence-corrected chi connectivity index (χ0v) is 5.67. The van der Waals surface area contributed by atoms with Crippen LogP contribution in [-0.4, -0.2) is 5.62 Å². The molecular weight excluding hydrogens is 140 g/mol. The highest BCUT2D eigenvalue weighted by Crippen LogP contribution is 2.20. The van der Waals surface area contributed by atoms with Crippen LogP contribution in [0.2, 0.25) is 0 Å². The van der Waals surface area contributed by atoms with Crippen LogP contribution in [0.5, 0.6) is 0 Å². The first-order chi connectivity index (χ1) is 3.93. The van der Waals surface area contributed by atoms with Gasteiger partial charge in [0.1, 0.15) is 0 Å². The topological polar surface area (TPSA) is 17.1 Å². The molecule has 0 aliphatic carbocycles. The average molecular weight is 144 g/mol. The van der Waals surface area contributed by atoms with Gasteiger partial charge in [-0.05, 0) is 23.2 Å². The summed E-state index contributed by atoms with van der Waals surface area (Å²) in [6.45, 7) is 0. The van der Waals surface area contributed by atoms with Gasteiger partial charge in [0.2, 0.25) is 0 Å². The minimum atomic E-state index is 0.839. The molecule has 0 amide bonds. The monoisotopic (exact) mass is 144 g/mol. The molecule has 3 heteroatoms. The number of hydrogen-bond acceptors (Lipinski definition) is 3. The van der Waals surface area contributed by atoms with Crippen LogP contribution in [0.25, 0.3) is 0 Å². The van der Waals surface area contributed by atoms with Gasteiger partial charge in [-0.2, -0.15) is 0 Å². The van der Waals surface area contributed by atoms with E-state index < -0.39 is 0 Å². The third-order valence-corrected chi connectivity index (χ3v) is 2.36. The quantitative estimate of drug-likeness (QED) is 0.466. The summed E-state index contributed by atoms with van der Waals surface area (Å²) in [5.41, 5.74) is 0.839. The standard InChI is InChI=1S/C5H4OS2/c6-4-8-5-2-1-3-7-5/h1-4H. The van der Waals surface area contributed by atoms with Crippen molar-refractivity contribution >= 4 is 28.7 Å². The van der Waals surface area contributed by atoms with E-state index in [0.29, 0.717) is 0 Å². The Labute approximate surface area is 55.7 Å². The first-order valence-electron chi connectivity index (χ1n) is 2.07. The molecule has 0 unspecified atom stereocenters. The second-order valence-corrected chi connectivity index (χ2v) is 3.22. The highest BCUT2D eigenvalue weighted by molar-refractivity contribution is 8.13. The van der Waals surface area contributed by atoms with Gasteiger partial charge >= 0.3 is 0 Å². The summed E-state index contributed by atoms with van der Waals surface area (Å²) < 4.78 is 1.06. The molecule has 0 aliphatic rings. The second kappa shape index (κ2) is 2.89. The maximum atomic E-state index is 9.84. The summed E-state index contributed by atoms with van der Waals surface area (Å²) in [6, 6.07) is 3.85. The van der Waals surface area contributed by atoms with Gasteiger partial charge in [0.05, 0.1) is 4.21 Å². The summed E-state index contributed by atoms with van der Waals surface area (Å²) in [5.74, 6) is 0. The number of carbonyl (C=O) groups is 1. The zero-order valence-electron chi connectivity index (χ0n) is 4.03. The van der Waals surface area contributed by atoms with Gasteiger partial charge in [-0.25, -0.2) is 0 Å². The van der Waals surface area contributed by atoms with Crippen LogP contribution in [-0.2, 0) is 4.79 Å². The predicted molar refractivity (Wildman–Crippen MR) is 36.9 cm³/mol. The summed E-state index contributed by atoms with van der Waals surface area (Å²) in [7, 11) is 0. The van der Waals surface area contributed by atoms with Crippen LogP contribution in [0.3, 0.4) is 0 Å². The molecule has 0 bridgehead atoms. The van der Waals surface area contributed by atoms with E-state index in [1.807, 2.05) is 17.5 Å². The Morgan fingerprint density at radius 3 is 3.12 bits per heavy atom. The largest absolute Gasteiger partial charge is 0.291 e. The minimum absolute atomic E-state index is 0.839. The molecule has 0 saturated carbocycles. The lowest BCUT2D eigenvalue weighted by molar-refractivity contribution is 0.570. The Morgan fingerprint density at radius 1 is 1.75 bits per heavy atom. The number of carbonyl (C=O) groups excluding carboxylic acids is 1. The molecule has 0 radical (unpaired) electrons. The van der Waals surface area contributed by atoms with E-state index in [9.17, 15) is 4.79 Å². The van der Waals surface area contributed by atoms with Crippen molar-refractivity contribution < 1.29 is 4.79 Å². The minimum Gasteiger partial charge on any atom is -0.291 e. The van der Waals surface area contributed by atoms with Crippen molar-refractivity contribution in [3.8, 4) is 0 Å². The fourth-order valence-electron chi connectivity index (χ4n) is 0.378. The molecule has 0 atom stereocenters. The van der Waals surface area contributed by atoms with E-state index >= 15 is 0 Å². The Hall–Kier alpha value is -0.280. The molecule has 1 nitrogen and oxygen atoms in total. The fourth-order valence-corrected chi connectivity index (χ4v) is 1.59. The van der Waals surface area contributed by atoms with E-state index in [0.717, 1.165) is 9.83 Å². The van der Waals surface area contributed by atoms with E-state index in [1.54, 1.807) is 11.3 Å². The number of thioether (sulfide) groups is 1. The van der Waals surface area contributed by atoms with Gasteiger partial charge < -0.3 is 0 Å². The van der Waals surface area contributed by atoms with Gasteiger partial charge in [0.25, 0.3) is 0 Å². The second-order valence-electron chi connectivity index (χ2n) is 1.15. The van der Waals surface area contributed by atoms with E-state index in [2.05, 4.69) is 0 Å². The molecule has 1 heterocycles. The first-order valence-corrected chi connectivity index (χ1v) is 3.83. The fraction of sp³-hybridized carbons (Fsp3) is 0. The smallest absolute Gasteiger partial charge is 0.181 e. The Balaban J connectivity index is 2.62. The third-order valence-electron chi connectivity index (χ3n) is 0.659. The summed E-state index contributed by atoms with van der Waals surface area (Å²) >= 11 is 2.80. The highest BCUT2D eigenvalue weighted by atomic mass is 32.2. The number of hydrogen-bond donors (Lipinski definition) is 0. The molecule has 8 heavy (non-hydrogen) atoms. The molecule has 0 N–H and O–H groups in total. The predicted octanol–water partition coefficient (Wildman–Crippen LogP) is 2.03. The van der Waals surface area contributed by atoms with Crippen molar-refractivity contribution in [2.45, 2.75) is 4.21 Å². The van der Waals surface area contributed by atoms with Gasteiger partial charge in [-0.1, -0.05) is 6.07 Å². The Bertz CT molecular complexity index is 157. The maximum absolute atomic E-state index is 9.84. The van der Waals surface area contributed by atoms with Crippen LogP contribution < -0.4 is 0 Å². The van der Waals surface area contributed by atoms with E-state index in [1.165, 1.54) is 11.8 Å². The molecular formula is C5H4OS2. The van der Waals surface area contributed by atoms with E-state index in [-0.39, 0.29) is 0 Å². The van der Waals surface area contributed by atoms with Crippen LogP contribution >= 0.6 is 23.1 Å². The lowest BCUT2D eigenvalue weighted by atomic mass is 10.7. The van der Waals surface area contributed by atoms with Crippen molar-refractivity contribution in [2.24, 2.45) is 0 Å². The summed E-state index contributed by atoms with van der Waals surface area (Å²) in [5, 5.41) is 1.95. The molecule has 42 valence electrons. The van der Waals surface area contributed by atoms with Crippen molar-refractivity contribution in [3.05, 3.63) is 17.5 Å². The van der Waals surface area contributed by atoms with Crippen molar-refractivity contribution in [3.63, 3.8) is 0 Å². The van der Waals surface area contributed by atoms with Gasteiger partial charge in [-0.15, -0.1) is 11.3 Å². The van der Waals surface area contributed by atoms with Crippen molar-refractivity contribution in [1.82, 2.24) is 0 Å². The third kappa shape index (κ3) is 1.35. The molecule has 1 aromatic rings. The number of thiophene rings is 1. The van der Waals surface area contributed by atoms with Crippen molar-refractivity contribution in [1.29, 1.82) is 0 Å². The summed E-state index contributed by atoms with van der Waals surface area (Å²) in [4.78, 5) is 9.84. The molecule has 0 aliphatic heterocycles. The molecule has 1 rings (SSSR count). The molecule has 0 spiro atoms. The summed E-state index contributed by atoms with van der Waals surface area (Å²) in [6.07, 6.45) is 0. The Kier molecular flexibility index (Phi) is 2.11. The van der Waals surface area contributed by atoms with Crippen LogP contribution in [0.15, 0.2) is 21.7 Å². The van der Waals surface area contributed by atoms with Crippen LogP contribution in [0, 0.1) is 0 Å².